The number of aromatic nitrogens is 1. The summed E-state index contributed by atoms with van der Waals surface area (Å²) in [7, 11) is 0. The first-order valence-corrected chi connectivity index (χ1v) is 8.24. The summed E-state index contributed by atoms with van der Waals surface area (Å²) in [4.78, 5) is 27.7. The Morgan fingerprint density at radius 1 is 1.26 bits per heavy atom. The third-order valence-corrected chi connectivity index (χ3v) is 4.48. The lowest BCUT2D eigenvalue weighted by atomic mass is 9.75. The topological polar surface area (TPSA) is 65.5 Å². The Bertz CT molecular complexity index is 529. The van der Waals surface area contributed by atoms with Crippen molar-refractivity contribution in [1.29, 1.82) is 0 Å². The maximum absolute atomic E-state index is 12.0. The van der Waals surface area contributed by atoms with Crippen molar-refractivity contribution < 1.29 is 19.1 Å². The van der Waals surface area contributed by atoms with Crippen molar-refractivity contribution in [2.45, 2.75) is 46.1 Å². The Labute approximate surface area is 137 Å². The second-order valence-corrected chi connectivity index (χ2v) is 6.67. The van der Waals surface area contributed by atoms with E-state index < -0.39 is 11.9 Å². The molecular formula is C18H25NO4. The Kier molecular flexibility index (Phi) is 6.13. The zero-order chi connectivity index (χ0) is 16.8. The maximum atomic E-state index is 12.0. The molecule has 5 heteroatoms. The van der Waals surface area contributed by atoms with E-state index in [4.69, 9.17) is 9.47 Å². The highest BCUT2D eigenvalue weighted by molar-refractivity contribution is 5.90. The van der Waals surface area contributed by atoms with Crippen molar-refractivity contribution in [2.24, 2.45) is 17.8 Å². The number of hydrogen-bond acceptors (Lipinski definition) is 5. The zero-order valence-corrected chi connectivity index (χ0v) is 14.0. The lowest BCUT2D eigenvalue weighted by Crippen LogP contribution is -2.36. The first-order chi connectivity index (χ1) is 11.0. The Balaban J connectivity index is 1.84. The molecule has 0 radical (unpaired) electrons. The largest absolute Gasteiger partial charge is 0.460 e. The number of hydrogen-bond donors (Lipinski definition) is 0. The summed E-state index contributed by atoms with van der Waals surface area (Å²) >= 11 is 0. The van der Waals surface area contributed by atoms with Crippen LogP contribution in [0.3, 0.4) is 0 Å². The van der Waals surface area contributed by atoms with E-state index in [0.29, 0.717) is 23.3 Å². The third kappa shape index (κ3) is 5.05. The molecular weight excluding hydrogens is 294 g/mol. The van der Waals surface area contributed by atoms with Crippen LogP contribution < -0.4 is 0 Å². The normalized spacial score (nSPS) is 24.3. The average Bonchev–Trinajstić information content (AvgIpc) is 2.53. The molecule has 1 aliphatic carbocycles. The molecule has 3 unspecified atom stereocenters. The van der Waals surface area contributed by atoms with Gasteiger partial charge in [-0.25, -0.2) is 9.59 Å². The van der Waals surface area contributed by atoms with E-state index in [1.165, 1.54) is 18.8 Å². The fraction of sp³-hybridized carbons (Fsp3) is 0.611. The van der Waals surface area contributed by atoms with Crippen LogP contribution in [0.4, 0.5) is 0 Å². The average molecular weight is 319 g/mol. The van der Waals surface area contributed by atoms with Gasteiger partial charge in [0.1, 0.15) is 6.10 Å². The van der Waals surface area contributed by atoms with Crippen molar-refractivity contribution in [2.75, 3.05) is 6.61 Å². The predicted octanol–water partition coefficient (Wildman–Crippen LogP) is 3.24. The van der Waals surface area contributed by atoms with Crippen LogP contribution in [0, 0.1) is 17.8 Å². The number of carbonyl (C=O) groups excluding carboxylic acids is 2. The van der Waals surface area contributed by atoms with Crippen molar-refractivity contribution in [3.8, 4) is 0 Å². The maximum Gasteiger partial charge on any atom is 0.344 e. The van der Waals surface area contributed by atoms with Gasteiger partial charge in [0.05, 0.1) is 5.56 Å². The van der Waals surface area contributed by atoms with Gasteiger partial charge in [-0.2, -0.15) is 0 Å². The van der Waals surface area contributed by atoms with Crippen LogP contribution in [0.15, 0.2) is 24.5 Å². The molecule has 2 rings (SSSR count). The molecule has 1 aliphatic rings. The van der Waals surface area contributed by atoms with Crippen molar-refractivity contribution in [1.82, 2.24) is 4.98 Å². The van der Waals surface area contributed by atoms with Crippen LogP contribution in [0.2, 0.25) is 0 Å². The molecule has 0 aromatic carbocycles. The van der Waals surface area contributed by atoms with Gasteiger partial charge in [0.25, 0.3) is 0 Å². The van der Waals surface area contributed by atoms with Crippen LogP contribution in [0.25, 0.3) is 0 Å². The van der Waals surface area contributed by atoms with Gasteiger partial charge in [-0.1, -0.05) is 27.2 Å². The van der Waals surface area contributed by atoms with Gasteiger partial charge in [-0.05, 0) is 42.7 Å². The van der Waals surface area contributed by atoms with Gasteiger partial charge in [-0.3, -0.25) is 4.98 Å². The number of carbonyl (C=O) groups is 2. The van der Waals surface area contributed by atoms with Gasteiger partial charge in [-0.15, -0.1) is 0 Å². The monoisotopic (exact) mass is 319 g/mol. The Morgan fingerprint density at radius 2 is 1.96 bits per heavy atom. The number of ether oxygens (including phenoxy) is 2. The molecule has 1 fully saturated rings. The zero-order valence-electron chi connectivity index (χ0n) is 14.0. The molecule has 0 amide bonds. The highest BCUT2D eigenvalue weighted by Gasteiger charge is 2.33. The minimum absolute atomic E-state index is 0.0779. The van der Waals surface area contributed by atoms with Gasteiger partial charge in [0.15, 0.2) is 6.61 Å². The van der Waals surface area contributed by atoms with E-state index >= 15 is 0 Å². The van der Waals surface area contributed by atoms with E-state index in [1.54, 1.807) is 12.1 Å². The second kappa shape index (κ2) is 8.09. The molecule has 0 bridgehead atoms. The molecule has 0 N–H and O–H groups in total. The number of rotatable bonds is 5. The summed E-state index contributed by atoms with van der Waals surface area (Å²) in [5.41, 5.74) is 0.374. The quantitative estimate of drug-likeness (QED) is 0.780. The Morgan fingerprint density at radius 3 is 2.61 bits per heavy atom. The highest BCUT2D eigenvalue weighted by Crippen LogP contribution is 2.35. The molecule has 23 heavy (non-hydrogen) atoms. The van der Waals surface area contributed by atoms with E-state index in [-0.39, 0.29) is 12.7 Å². The number of nitrogens with zero attached hydrogens (tertiary/aromatic N) is 1. The number of pyridine rings is 1. The van der Waals surface area contributed by atoms with E-state index in [9.17, 15) is 9.59 Å². The molecule has 1 aromatic heterocycles. The molecule has 0 spiro atoms. The summed E-state index contributed by atoms with van der Waals surface area (Å²) in [6, 6.07) is 3.09. The van der Waals surface area contributed by atoms with Gasteiger partial charge < -0.3 is 9.47 Å². The first-order valence-electron chi connectivity index (χ1n) is 8.24. The van der Waals surface area contributed by atoms with E-state index in [0.717, 1.165) is 12.8 Å². The summed E-state index contributed by atoms with van der Waals surface area (Å²) < 4.78 is 10.6. The third-order valence-electron chi connectivity index (χ3n) is 4.48. The van der Waals surface area contributed by atoms with Gasteiger partial charge >= 0.3 is 11.9 Å². The van der Waals surface area contributed by atoms with Gasteiger partial charge in [0.2, 0.25) is 0 Å². The molecule has 1 aromatic rings. The summed E-state index contributed by atoms with van der Waals surface area (Å²) in [6.45, 7) is 6.15. The van der Waals surface area contributed by atoms with Crippen molar-refractivity contribution in [3.05, 3.63) is 30.1 Å². The second-order valence-electron chi connectivity index (χ2n) is 6.67. The summed E-state index contributed by atoms with van der Waals surface area (Å²) in [5.74, 6) is 0.395. The van der Waals surface area contributed by atoms with Crippen molar-refractivity contribution >= 4 is 11.9 Å². The van der Waals surface area contributed by atoms with Gasteiger partial charge in [0, 0.05) is 12.4 Å². The Hall–Kier alpha value is -1.91. The minimum atomic E-state index is -0.540. The molecule has 1 heterocycles. The smallest absolute Gasteiger partial charge is 0.344 e. The molecule has 0 aliphatic heterocycles. The lowest BCUT2D eigenvalue weighted by Gasteiger charge is -2.36. The standard InChI is InChI=1S/C18H25NO4/c1-12(2)15-5-4-13(3)10-16(15)23-17(20)11-22-18(21)14-6-8-19-9-7-14/h6-9,12-13,15-16H,4-5,10-11H2,1-3H3. The lowest BCUT2D eigenvalue weighted by molar-refractivity contribution is -0.159. The van der Waals surface area contributed by atoms with Crippen molar-refractivity contribution in [3.63, 3.8) is 0 Å². The molecule has 5 nitrogen and oxygen atoms in total. The van der Waals surface area contributed by atoms with Crippen LogP contribution in [-0.4, -0.2) is 29.6 Å². The molecule has 3 atom stereocenters. The summed E-state index contributed by atoms with van der Waals surface area (Å²) in [5, 5.41) is 0. The van der Waals surface area contributed by atoms with E-state index in [2.05, 4.69) is 25.8 Å². The highest BCUT2D eigenvalue weighted by atomic mass is 16.6. The molecule has 126 valence electrons. The van der Waals surface area contributed by atoms with E-state index in [1.807, 2.05) is 0 Å². The fourth-order valence-corrected chi connectivity index (χ4v) is 3.15. The number of esters is 2. The fourth-order valence-electron chi connectivity index (χ4n) is 3.15. The molecule has 1 saturated carbocycles. The minimum Gasteiger partial charge on any atom is -0.460 e. The van der Waals surface area contributed by atoms with Crippen LogP contribution in [-0.2, 0) is 14.3 Å². The predicted molar refractivity (Wildman–Crippen MR) is 85.7 cm³/mol. The summed E-state index contributed by atoms with van der Waals surface area (Å²) in [6.07, 6.45) is 6.07. The molecule has 0 saturated heterocycles. The van der Waals surface area contributed by atoms with Crippen LogP contribution in [0.1, 0.15) is 50.4 Å². The van der Waals surface area contributed by atoms with Crippen LogP contribution in [0.5, 0.6) is 0 Å². The van der Waals surface area contributed by atoms with Crippen LogP contribution >= 0.6 is 0 Å². The SMILES string of the molecule is CC1CCC(C(C)C)C(OC(=O)COC(=O)c2ccncc2)C1. The first kappa shape index (κ1) is 17.4.